The van der Waals surface area contributed by atoms with Crippen LogP contribution < -0.4 is 0 Å². The third kappa shape index (κ3) is 7.78. The maximum absolute atomic E-state index is 11.4. The zero-order chi connectivity index (χ0) is 7.82. The zero-order valence-electron chi connectivity index (χ0n) is 6.02. The van der Waals surface area contributed by atoms with Crippen LogP contribution in [-0.2, 0) is 4.74 Å². The molecule has 0 amide bonds. The van der Waals surface area contributed by atoms with E-state index in [0.717, 1.165) is 6.42 Å². The number of ether oxygens (including phenoxy) is 1. The Hall–Kier alpha value is -0.220. The van der Waals surface area contributed by atoms with Gasteiger partial charge in [0.25, 0.3) is 6.43 Å². The molecule has 0 saturated heterocycles. The molecule has 0 aliphatic carbocycles. The Morgan fingerprint density at radius 3 is 2.70 bits per heavy atom. The van der Waals surface area contributed by atoms with E-state index in [-0.39, 0.29) is 0 Å². The van der Waals surface area contributed by atoms with E-state index in [4.69, 9.17) is 0 Å². The lowest BCUT2D eigenvalue weighted by Crippen LogP contribution is -2.05. The van der Waals surface area contributed by atoms with E-state index in [1.807, 2.05) is 0 Å². The maximum atomic E-state index is 11.4. The summed E-state index contributed by atoms with van der Waals surface area (Å²) in [4.78, 5) is 0. The van der Waals surface area contributed by atoms with Gasteiger partial charge in [-0.3, -0.25) is 0 Å². The van der Waals surface area contributed by atoms with Gasteiger partial charge in [-0.25, -0.2) is 8.78 Å². The second-order valence-corrected chi connectivity index (χ2v) is 1.86. The molecule has 0 unspecified atom stereocenters. The summed E-state index contributed by atoms with van der Waals surface area (Å²) >= 11 is 0. The van der Waals surface area contributed by atoms with Crippen LogP contribution in [0, 0.1) is 0 Å². The highest BCUT2D eigenvalue weighted by Gasteiger charge is 1.99. The third-order valence-electron chi connectivity index (χ3n) is 0.914. The molecule has 0 fully saturated rings. The summed E-state index contributed by atoms with van der Waals surface area (Å²) in [6, 6.07) is 0. The highest BCUT2D eigenvalue weighted by atomic mass is 19.3. The van der Waals surface area contributed by atoms with Crippen LogP contribution in [0.5, 0.6) is 0 Å². The molecule has 0 aromatic carbocycles. The van der Waals surface area contributed by atoms with Crippen molar-refractivity contribution in [2.45, 2.75) is 12.8 Å². The number of nitrogens with zero attached hydrogens (tertiary/aromatic N) is 1. The van der Waals surface area contributed by atoms with Crippen LogP contribution in [0.3, 0.4) is 0 Å². The van der Waals surface area contributed by atoms with E-state index < -0.39 is 13.0 Å². The van der Waals surface area contributed by atoms with Gasteiger partial charge < -0.3 is 10.1 Å². The molecular formula is C6H12F2NO-. The first-order valence-electron chi connectivity index (χ1n) is 3.19. The molecular weight excluding hydrogens is 140 g/mol. The standard InChI is InChI=1S/C6H12F2NO/c1-9-3-2-4-10-5-6(7)8/h6H,2-5H2,1H3/q-1. The average molecular weight is 152 g/mol. The van der Waals surface area contributed by atoms with Crippen LogP contribution in [0.15, 0.2) is 0 Å². The molecule has 0 radical (unpaired) electrons. The summed E-state index contributed by atoms with van der Waals surface area (Å²) in [7, 11) is 1.69. The Kier molecular flexibility index (Phi) is 6.74. The minimum absolute atomic E-state index is 0.377. The van der Waals surface area contributed by atoms with Crippen LogP contribution >= 0.6 is 0 Å². The average Bonchev–Trinajstić information content (AvgIpc) is 1.87. The van der Waals surface area contributed by atoms with Gasteiger partial charge in [-0.15, -0.1) is 6.54 Å². The highest BCUT2D eigenvalue weighted by Crippen LogP contribution is 1.94. The number of halogens is 2. The molecule has 0 aromatic heterocycles. The first-order valence-corrected chi connectivity index (χ1v) is 3.19. The van der Waals surface area contributed by atoms with Gasteiger partial charge in [0.2, 0.25) is 0 Å². The van der Waals surface area contributed by atoms with Crippen molar-refractivity contribution in [1.82, 2.24) is 0 Å². The number of hydrogen-bond donors (Lipinski definition) is 0. The second-order valence-electron chi connectivity index (χ2n) is 1.86. The van der Waals surface area contributed by atoms with Crippen LogP contribution in [0.4, 0.5) is 8.78 Å². The van der Waals surface area contributed by atoms with Crippen molar-refractivity contribution in [1.29, 1.82) is 0 Å². The van der Waals surface area contributed by atoms with E-state index in [1.54, 1.807) is 7.05 Å². The van der Waals surface area contributed by atoms with Crippen LogP contribution in [0.2, 0.25) is 0 Å². The fourth-order valence-electron chi connectivity index (χ4n) is 0.497. The fourth-order valence-corrected chi connectivity index (χ4v) is 0.497. The van der Waals surface area contributed by atoms with Gasteiger partial charge in [0.05, 0.1) is 0 Å². The summed E-state index contributed by atoms with van der Waals surface area (Å²) in [6.45, 7) is 0.606. The quantitative estimate of drug-likeness (QED) is 0.531. The molecule has 0 saturated carbocycles. The van der Waals surface area contributed by atoms with E-state index in [9.17, 15) is 8.78 Å². The predicted octanol–water partition coefficient (Wildman–Crippen LogP) is 1.66. The summed E-state index contributed by atoms with van der Waals surface area (Å²) < 4.78 is 27.4. The minimum atomic E-state index is -2.35. The minimum Gasteiger partial charge on any atom is -0.665 e. The highest BCUT2D eigenvalue weighted by molar-refractivity contribution is 4.67. The fraction of sp³-hybridized carbons (Fsp3) is 1.00. The lowest BCUT2D eigenvalue weighted by Gasteiger charge is -2.09. The maximum Gasteiger partial charge on any atom is 0.261 e. The van der Waals surface area contributed by atoms with Crippen LogP contribution in [-0.4, -0.2) is 33.2 Å². The Morgan fingerprint density at radius 1 is 1.50 bits per heavy atom. The molecule has 0 N–H and O–H groups in total. The zero-order valence-corrected chi connectivity index (χ0v) is 6.02. The first-order chi connectivity index (χ1) is 4.77. The largest absolute Gasteiger partial charge is 0.665 e. The van der Waals surface area contributed by atoms with E-state index in [0.29, 0.717) is 13.2 Å². The van der Waals surface area contributed by atoms with Crippen molar-refractivity contribution in [2.75, 3.05) is 26.8 Å². The Labute approximate surface area is 59.6 Å². The van der Waals surface area contributed by atoms with Gasteiger partial charge in [0.15, 0.2) is 0 Å². The lowest BCUT2D eigenvalue weighted by molar-refractivity contribution is 0.0176. The molecule has 62 valence electrons. The molecule has 4 heteroatoms. The van der Waals surface area contributed by atoms with E-state index in [1.165, 1.54) is 0 Å². The number of rotatable bonds is 6. The third-order valence-corrected chi connectivity index (χ3v) is 0.914. The topological polar surface area (TPSA) is 23.3 Å². The molecule has 0 rings (SSSR count). The Balaban J connectivity index is 2.77. The molecule has 0 aliphatic rings. The summed E-state index contributed by atoms with van der Waals surface area (Å²) in [5.41, 5.74) is 0. The Morgan fingerprint density at radius 2 is 2.20 bits per heavy atom. The van der Waals surface area contributed by atoms with Crippen molar-refractivity contribution in [3.63, 3.8) is 0 Å². The Bertz CT molecular complexity index is 70.8. The van der Waals surface area contributed by atoms with Crippen molar-refractivity contribution < 1.29 is 13.5 Å². The molecule has 10 heavy (non-hydrogen) atoms. The molecule has 0 bridgehead atoms. The monoisotopic (exact) mass is 152 g/mol. The first kappa shape index (κ1) is 9.78. The van der Waals surface area contributed by atoms with Crippen molar-refractivity contribution in [2.24, 2.45) is 0 Å². The van der Waals surface area contributed by atoms with Gasteiger partial charge >= 0.3 is 0 Å². The van der Waals surface area contributed by atoms with Crippen molar-refractivity contribution >= 4 is 0 Å². The normalized spacial score (nSPS) is 10.8. The predicted molar refractivity (Wildman–Crippen MR) is 35.6 cm³/mol. The summed E-state index contributed by atoms with van der Waals surface area (Å²) in [5.74, 6) is 0. The lowest BCUT2D eigenvalue weighted by atomic mass is 10.4. The molecule has 0 aromatic rings. The van der Waals surface area contributed by atoms with Crippen molar-refractivity contribution in [3.05, 3.63) is 5.32 Å². The molecule has 2 nitrogen and oxygen atoms in total. The van der Waals surface area contributed by atoms with Crippen LogP contribution in [0.1, 0.15) is 6.42 Å². The van der Waals surface area contributed by atoms with E-state index >= 15 is 0 Å². The van der Waals surface area contributed by atoms with Gasteiger partial charge in [0.1, 0.15) is 6.61 Å². The number of hydrogen-bond acceptors (Lipinski definition) is 1. The molecule has 0 spiro atoms. The van der Waals surface area contributed by atoms with Gasteiger partial charge in [0, 0.05) is 6.61 Å². The molecule has 0 atom stereocenters. The smallest absolute Gasteiger partial charge is 0.261 e. The van der Waals surface area contributed by atoms with Crippen molar-refractivity contribution in [3.8, 4) is 0 Å². The van der Waals surface area contributed by atoms with Crippen LogP contribution in [0.25, 0.3) is 5.32 Å². The SMILES string of the molecule is C[N-]CCCOCC(F)F. The van der Waals surface area contributed by atoms with E-state index in [2.05, 4.69) is 10.1 Å². The van der Waals surface area contributed by atoms with Gasteiger partial charge in [-0.1, -0.05) is 0 Å². The molecule has 0 aliphatic heterocycles. The summed E-state index contributed by atoms with van der Waals surface area (Å²) in [6.07, 6.45) is -1.62. The second kappa shape index (κ2) is 6.89. The van der Waals surface area contributed by atoms with Gasteiger partial charge in [-0.2, -0.15) is 7.05 Å². The molecule has 0 heterocycles. The summed E-state index contributed by atoms with van der Waals surface area (Å²) in [5, 5.41) is 3.78. The number of alkyl halides is 2. The van der Waals surface area contributed by atoms with Gasteiger partial charge in [-0.05, 0) is 6.42 Å².